The van der Waals surface area contributed by atoms with Gasteiger partial charge in [0, 0.05) is 33.3 Å². The first-order chi connectivity index (χ1) is 21.2. The van der Waals surface area contributed by atoms with Crippen molar-refractivity contribution in [1.29, 1.82) is 0 Å². The highest BCUT2D eigenvalue weighted by molar-refractivity contribution is 8.14. The Kier molecular flexibility index (Phi) is 7.81. The lowest BCUT2D eigenvalue weighted by Crippen LogP contribution is -2.70. The van der Waals surface area contributed by atoms with Crippen molar-refractivity contribution in [2.75, 3.05) is 5.75 Å². The van der Waals surface area contributed by atoms with E-state index in [1.54, 1.807) is 32.0 Å². The van der Waals surface area contributed by atoms with E-state index in [0.29, 0.717) is 22.3 Å². The number of ether oxygens (including phenoxy) is 1. The lowest BCUT2D eigenvalue weighted by Gasteiger charge is -2.63. The third kappa shape index (κ3) is 4.53. The van der Waals surface area contributed by atoms with Crippen LogP contribution >= 0.6 is 23.4 Å². The lowest BCUT2D eigenvalue weighted by molar-refractivity contribution is -0.221. The van der Waals surface area contributed by atoms with Crippen molar-refractivity contribution < 1.29 is 42.2 Å². The number of aliphatic hydroxyl groups is 1. The zero-order valence-corrected chi connectivity index (χ0v) is 26.5. The number of ketones is 2. The van der Waals surface area contributed by atoms with E-state index in [9.17, 15) is 24.3 Å². The number of allylic oxidation sites excluding steroid dienone is 4. The Bertz CT molecular complexity index is 1640. The summed E-state index contributed by atoms with van der Waals surface area (Å²) in [6.45, 7) is 4.89. The van der Waals surface area contributed by atoms with E-state index in [-0.39, 0.29) is 42.1 Å². The second-order valence-electron chi connectivity index (χ2n) is 13.1. The molecule has 0 unspecified atom stereocenters. The average molecular weight is 659 g/mol. The van der Waals surface area contributed by atoms with Crippen LogP contribution in [0.3, 0.4) is 0 Å². The van der Waals surface area contributed by atoms with Gasteiger partial charge < -0.3 is 14.3 Å². The van der Waals surface area contributed by atoms with Crippen LogP contribution < -0.4 is 0 Å². The molecule has 1 aromatic heterocycles. The molecule has 0 radical (unpaired) electrons. The number of rotatable bonds is 6. The van der Waals surface area contributed by atoms with Gasteiger partial charge in [0.05, 0.1) is 18.1 Å². The highest BCUT2D eigenvalue weighted by atomic mass is 35.5. The molecule has 2 aromatic rings. The summed E-state index contributed by atoms with van der Waals surface area (Å²) in [7, 11) is 0. The molecule has 0 amide bonds. The molecular formula is C34H33ClF2O7S. The molecule has 9 atom stereocenters. The molecule has 238 valence electrons. The predicted molar refractivity (Wildman–Crippen MR) is 163 cm³/mol. The first kappa shape index (κ1) is 31.9. The third-order valence-electron chi connectivity index (χ3n) is 10.9. The van der Waals surface area contributed by atoms with Crippen LogP contribution in [0.15, 0.2) is 70.9 Å². The monoisotopic (exact) mass is 658 g/mol. The first-order valence-electron chi connectivity index (χ1n) is 14.9. The smallest absolute Gasteiger partial charge is 0.375 e. The predicted octanol–water partition coefficient (Wildman–Crippen LogP) is 6.54. The number of halogens is 3. The van der Waals surface area contributed by atoms with Crippen LogP contribution in [0.25, 0.3) is 0 Å². The van der Waals surface area contributed by atoms with Crippen LogP contribution in [0.2, 0.25) is 5.02 Å². The molecule has 0 bridgehead atoms. The van der Waals surface area contributed by atoms with Crippen molar-refractivity contribution in [1.82, 2.24) is 0 Å². The van der Waals surface area contributed by atoms with Crippen LogP contribution in [-0.2, 0) is 14.3 Å². The largest absolute Gasteiger partial charge is 0.457 e. The summed E-state index contributed by atoms with van der Waals surface area (Å²) in [6, 6.07) is 9.18. The Morgan fingerprint density at radius 3 is 2.60 bits per heavy atom. The highest BCUT2D eigenvalue weighted by Crippen LogP contribution is 2.72. The van der Waals surface area contributed by atoms with Gasteiger partial charge in [-0.15, -0.1) is 0 Å². The number of fused-ring (bicyclic) bond motifs is 5. The maximum absolute atomic E-state index is 17.7. The quantitative estimate of drug-likeness (QED) is 0.275. The number of carbonyl (C=O) groups excluding carboxylic acids is 4. The fourth-order valence-corrected chi connectivity index (χ4v) is 10.1. The van der Waals surface area contributed by atoms with Gasteiger partial charge in [0.15, 0.2) is 22.8 Å². The molecule has 0 saturated heterocycles. The maximum Gasteiger partial charge on any atom is 0.375 e. The number of Topliss-reactive ketones (excluding diaryl/α,β-unsaturated/α-hetero) is 1. The van der Waals surface area contributed by atoms with Gasteiger partial charge >= 0.3 is 5.97 Å². The van der Waals surface area contributed by atoms with E-state index in [4.69, 9.17) is 20.8 Å². The summed E-state index contributed by atoms with van der Waals surface area (Å²) in [6.07, 6.45) is 1.15. The molecule has 45 heavy (non-hydrogen) atoms. The number of thioether (sulfide) groups is 1. The minimum Gasteiger partial charge on any atom is -0.457 e. The molecular weight excluding hydrogens is 626 g/mol. The van der Waals surface area contributed by atoms with Gasteiger partial charge in [0.1, 0.15) is 6.17 Å². The van der Waals surface area contributed by atoms with Gasteiger partial charge in [0.25, 0.3) is 0 Å². The van der Waals surface area contributed by atoms with Gasteiger partial charge in [-0.1, -0.05) is 55.4 Å². The average Bonchev–Trinajstić information content (AvgIpc) is 3.61. The van der Waals surface area contributed by atoms with E-state index in [1.165, 1.54) is 43.5 Å². The van der Waals surface area contributed by atoms with Gasteiger partial charge in [-0.3, -0.25) is 14.4 Å². The van der Waals surface area contributed by atoms with Crippen LogP contribution in [0, 0.1) is 28.6 Å². The maximum atomic E-state index is 17.7. The van der Waals surface area contributed by atoms with Crippen molar-refractivity contribution in [3.63, 3.8) is 0 Å². The van der Waals surface area contributed by atoms with Crippen LogP contribution in [-0.4, -0.2) is 57.1 Å². The Balaban J connectivity index is 1.41. The zero-order valence-electron chi connectivity index (χ0n) is 24.9. The van der Waals surface area contributed by atoms with E-state index >= 15 is 8.78 Å². The number of hydrogen-bond donors (Lipinski definition) is 1. The molecule has 0 spiro atoms. The molecule has 3 saturated carbocycles. The van der Waals surface area contributed by atoms with Crippen molar-refractivity contribution >= 4 is 46.0 Å². The molecule has 1 heterocycles. The normalized spacial score (nSPS) is 38.5. The van der Waals surface area contributed by atoms with E-state index in [1.807, 2.05) is 0 Å². The third-order valence-corrected chi connectivity index (χ3v) is 12.1. The fraction of sp³-hybridized carbons (Fsp3) is 0.471. The summed E-state index contributed by atoms with van der Waals surface area (Å²) in [5, 5.41) is 11.5. The topological polar surface area (TPSA) is 111 Å². The summed E-state index contributed by atoms with van der Waals surface area (Å²) >= 11 is 6.73. The number of aliphatic hydroxyl groups excluding tert-OH is 1. The summed E-state index contributed by atoms with van der Waals surface area (Å²) in [5.74, 6) is -4.68. The number of carbonyl (C=O) groups is 4. The number of esters is 1. The van der Waals surface area contributed by atoms with Crippen LogP contribution in [0.1, 0.15) is 60.9 Å². The van der Waals surface area contributed by atoms with Crippen molar-refractivity contribution in [2.45, 2.75) is 63.6 Å². The molecule has 11 heteroatoms. The summed E-state index contributed by atoms with van der Waals surface area (Å²) < 4.78 is 45.0. The van der Waals surface area contributed by atoms with Gasteiger partial charge in [-0.05, 0) is 74.1 Å². The number of alkyl halides is 2. The van der Waals surface area contributed by atoms with E-state index in [2.05, 4.69) is 0 Å². The highest BCUT2D eigenvalue weighted by Gasteiger charge is 2.78. The zero-order chi connectivity index (χ0) is 32.5. The Hall–Kier alpha value is -3.08. The molecule has 4 aliphatic rings. The van der Waals surface area contributed by atoms with Crippen LogP contribution in [0.5, 0.6) is 0 Å². The summed E-state index contributed by atoms with van der Waals surface area (Å²) in [4.78, 5) is 53.2. The molecule has 4 aliphatic carbocycles. The number of benzene rings is 1. The van der Waals surface area contributed by atoms with Gasteiger partial charge in [-0.25, -0.2) is 13.6 Å². The van der Waals surface area contributed by atoms with Crippen molar-refractivity contribution in [3.8, 4) is 0 Å². The van der Waals surface area contributed by atoms with Gasteiger partial charge in [0.2, 0.25) is 10.9 Å². The van der Waals surface area contributed by atoms with E-state index in [0.717, 1.165) is 6.08 Å². The fourth-order valence-electron chi connectivity index (χ4n) is 8.79. The molecule has 6 rings (SSSR count). The van der Waals surface area contributed by atoms with E-state index < -0.39 is 69.0 Å². The summed E-state index contributed by atoms with van der Waals surface area (Å²) in [5.41, 5.74) is -6.97. The number of furan rings is 1. The first-order valence-corrected chi connectivity index (χ1v) is 16.2. The minimum absolute atomic E-state index is 0.0101. The second kappa shape index (κ2) is 11.0. The second-order valence-corrected chi connectivity index (χ2v) is 14.5. The molecule has 1 aromatic carbocycles. The molecule has 0 aliphatic heterocycles. The lowest BCUT2D eigenvalue weighted by atomic mass is 9.44. The van der Waals surface area contributed by atoms with Gasteiger partial charge in [-0.2, -0.15) is 0 Å². The standard InChI is InChI=1S/C34H33ClF2O7S/c1-18-12-22-23-15-25(36)24-14-21(38)9-10-31(24,2)33(23,37)28(40)16-32(22,3)34(18,44-29(41)27-8-5-11-43-27)30(42)45-17-26(39)19-6-4-7-20(35)13-19/h4-11,13-14,18,22-23,25,28,40H,12,15-17H2,1-3H3/t18-,22+,23+,25+,28+,31+,32+,33+,34+/m1/s1. The van der Waals surface area contributed by atoms with Crippen LogP contribution in [0.4, 0.5) is 8.78 Å². The Morgan fingerprint density at radius 2 is 1.91 bits per heavy atom. The van der Waals surface area contributed by atoms with Crippen molar-refractivity contribution in [3.05, 3.63) is 82.8 Å². The Morgan fingerprint density at radius 1 is 1.16 bits per heavy atom. The molecule has 3 fully saturated rings. The molecule has 1 N–H and O–H groups in total. The SMILES string of the molecule is C[C@@H]1C[C@H]2[C@@H]3C[C@H](F)C4=CC(=O)C=C[C@]4(C)[C@@]3(F)[C@@H](O)C[C@]2(C)[C@@]1(OC(=O)c1ccco1)C(=O)SCC(=O)c1cccc(Cl)c1. The molecule has 7 nitrogen and oxygen atoms in total. The Labute approximate surface area is 268 Å². The van der Waals surface area contributed by atoms with Crippen molar-refractivity contribution in [2.24, 2.45) is 28.6 Å². The number of hydrogen-bond acceptors (Lipinski definition) is 8. The minimum atomic E-state index is -2.37.